The first-order valence-corrected chi connectivity index (χ1v) is 8.73. The number of hydrogen-bond acceptors (Lipinski definition) is 6. The SMILES string of the molecule is CC=Cc1ccc2oc(-c3c(OC)c(OC)c(OC)c(OC)c3OC)cc2c1. The van der Waals surface area contributed by atoms with Crippen LogP contribution in [0.1, 0.15) is 12.5 Å². The first-order valence-electron chi connectivity index (χ1n) is 8.73. The number of rotatable bonds is 7. The Hall–Kier alpha value is -3.28. The van der Waals surface area contributed by atoms with E-state index in [2.05, 4.69) is 6.07 Å². The molecule has 1 heterocycles. The van der Waals surface area contributed by atoms with Gasteiger partial charge in [-0.3, -0.25) is 0 Å². The van der Waals surface area contributed by atoms with Crippen LogP contribution in [0, 0.1) is 0 Å². The van der Waals surface area contributed by atoms with Gasteiger partial charge in [-0.05, 0) is 30.7 Å². The molecule has 3 rings (SSSR count). The predicted molar refractivity (Wildman–Crippen MR) is 109 cm³/mol. The second-order valence-electron chi connectivity index (χ2n) is 5.95. The average molecular weight is 384 g/mol. The molecular weight excluding hydrogens is 360 g/mol. The maximum atomic E-state index is 6.11. The van der Waals surface area contributed by atoms with E-state index in [0.717, 1.165) is 16.5 Å². The first-order chi connectivity index (χ1) is 13.6. The Morgan fingerprint density at radius 2 is 1.25 bits per heavy atom. The van der Waals surface area contributed by atoms with Crippen molar-refractivity contribution in [3.8, 4) is 40.1 Å². The van der Waals surface area contributed by atoms with Gasteiger partial charge in [-0.2, -0.15) is 0 Å². The van der Waals surface area contributed by atoms with Gasteiger partial charge < -0.3 is 28.1 Å². The molecule has 148 valence electrons. The summed E-state index contributed by atoms with van der Waals surface area (Å²) in [5, 5.41) is 0.962. The van der Waals surface area contributed by atoms with Crippen molar-refractivity contribution in [3.05, 3.63) is 35.9 Å². The van der Waals surface area contributed by atoms with Crippen LogP contribution >= 0.6 is 0 Å². The minimum absolute atomic E-state index is 0.383. The third kappa shape index (κ3) is 3.11. The fourth-order valence-electron chi connectivity index (χ4n) is 3.29. The van der Waals surface area contributed by atoms with E-state index >= 15 is 0 Å². The van der Waals surface area contributed by atoms with E-state index in [0.29, 0.717) is 40.1 Å². The molecule has 6 nitrogen and oxygen atoms in total. The smallest absolute Gasteiger partial charge is 0.211 e. The molecule has 2 aromatic carbocycles. The lowest BCUT2D eigenvalue weighted by Gasteiger charge is -2.21. The Morgan fingerprint density at radius 3 is 1.75 bits per heavy atom. The van der Waals surface area contributed by atoms with E-state index in [4.69, 9.17) is 28.1 Å². The molecule has 0 radical (unpaired) electrons. The Balaban J connectivity index is 2.35. The molecule has 0 saturated carbocycles. The summed E-state index contributed by atoms with van der Waals surface area (Å²) >= 11 is 0. The van der Waals surface area contributed by atoms with E-state index in [-0.39, 0.29) is 0 Å². The standard InChI is InChI=1S/C22H24O6/c1-7-8-13-9-10-15-14(11-13)12-16(28-15)17-18(23-2)20(25-4)22(27-6)21(26-5)19(17)24-3/h7-12H,1-6H3. The summed E-state index contributed by atoms with van der Waals surface area (Å²) in [6.07, 6.45) is 4.03. The van der Waals surface area contributed by atoms with E-state index in [1.807, 2.05) is 37.3 Å². The minimum atomic E-state index is 0.383. The Labute approximate surface area is 164 Å². The molecule has 0 aliphatic carbocycles. The molecule has 0 aliphatic heterocycles. The van der Waals surface area contributed by atoms with Gasteiger partial charge in [-0.1, -0.05) is 18.2 Å². The van der Waals surface area contributed by atoms with Crippen LogP contribution in [0.2, 0.25) is 0 Å². The molecule has 0 spiro atoms. The lowest BCUT2D eigenvalue weighted by Crippen LogP contribution is -2.02. The van der Waals surface area contributed by atoms with Crippen molar-refractivity contribution in [2.45, 2.75) is 6.92 Å². The van der Waals surface area contributed by atoms with Crippen LogP contribution in [0.15, 0.2) is 34.8 Å². The summed E-state index contributed by atoms with van der Waals surface area (Å²) < 4.78 is 34.0. The highest BCUT2D eigenvalue weighted by Crippen LogP contribution is 2.57. The normalized spacial score (nSPS) is 11.1. The molecule has 0 bridgehead atoms. The van der Waals surface area contributed by atoms with Crippen LogP contribution in [-0.2, 0) is 0 Å². The van der Waals surface area contributed by atoms with Crippen molar-refractivity contribution in [3.63, 3.8) is 0 Å². The topological polar surface area (TPSA) is 59.3 Å². The number of hydrogen-bond donors (Lipinski definition) is 0. The zero-order chi connectivity index (χ0) is 20.3. The third-order valence-corrected chi connectivity index (χ3v) is 4.45. The van der Waals surface area contributed by atoms with Crippen LogP contribution in [0.3, 0.4) is 0 Å². The number of allylic oxidation sites excluding steroid dienone is 1. The number of furan rings is 1. The summed E-state index contributed by atoms with van der Waals surface area (Å²) in [6, 6.07) is 7.93. The average Bonchev–Trinajstić information content (AvgIpc) is 3.14. The minimum Gasteiger partial charge on any atom is -0.492 e. The van der Waals surface area contributed by atoms with Crippen molar-refractivity contribution in [1.82, 2.24) is 0 Å². The van der Waals surface area contributed by atoms with Gasteiger partial charge in [-0.15, -0.1) is 0 Å². The van der Waals surface area contributed by atoms with Gasteiger partial charge in [0.05, 0.1) is 35.5 Å². The fourth-order valence-corrected chi connectivity index (χ4v) is 3.29. The summed E-state index contributed by atoms with van der Waals surface area (Å²) in [5.41, 5.74) is 2.43. The maximum Gasteiger partial charge on any atom is 0.211 e. The van der Waals surface area contributed by atoms with Crippen LogP contribution in [0.4, 0.5) is 0 Å². The van der Waals surface area contributed by atoms with Crippen molar-refractivity contribution in [2.24, 2.45) is 0 Å². The molecule has 0 saturated heterocycles. The van der Waals surface area contributed by atoms with Crippen molar-refractivity contribution in [1.29, 1.82) is 0 Å². The van der Waals surface area contributed by atoms with Crippen LogP contribution in [-0.4, -0.2) is 35.5 Å². The highest BCUT2D eigenvalue weighted by molar-refractivity contribution is 5.90. The second-order valence-corrected chi connectivity index (χ2v) is 5.95. The van der Waals surface area contributed by atoms with E-state index < -0.39 is 0 Å². The summed E-state index contributed by atoms with van der Waals surface area (Å²) in [4.78, 5) is 0. The lowest BCUT2D eigenvalue weighted by atomic mass is 10.1. The molecule has 0 fully saturated rings. The maximum absolute atomic E-state index is 6.11. The molecule has 6 heteroatoms. The van der Waals surface area contributed by atoms with E-state index in [9.17, 15) is 0 Å². The molecule has 0 amide bonds. The predicted octanol–water partition coefficient (Wildman–Crippen LogP) is 5.18. The fraction of sp³-hybridized carbons (Fsp3) is 0.273. The largest absolute Gasteiger partial charge is 0.492 e. The molecule has 0 unspecified atom stereocenters. The number of benzene rings is 2. The first kappa shape index (κ1) is 19.5. The molecule has 3 aromatic rings. The van der Waals surface area contributed by atoms with Gasteiger partial charge in [0, 0.05) is 5.39 Å². The monoisotopic (exact) mass is 384 g/mol. The molecule has 0 atom stereocenters. The van der Waals surface area contributed by atoms with Crippen LogP contribution in [0.5, 0.6) is 28.7 Å². The molecular formula is C22H24O6. The summed E-state index contributed by atoms with van der Waals surface area (Å²) in [7, 11) is 7.72. The zero-order valence-electron chi connectivity index (χ0n) is 16.9. The van der Waals surface area contributed by atoms with E-state index in [1.165, 1.54) is 21.3 Å². The molecule has 28 heavy (non-hydrogen) atoms. The zero-order valence-corrected chi connectivity index (χ0v) is 16.9. The molecule has 0 N–H and O–H groups in total. The number of ether oxygens (including phenoxy) is 5. The van der Waals surface area contributed by atoms with Crippen molar-refractivity contribution in [2.75, 3.05) is 35.5 Å². The van der Waals surface area contributed by atoms with Crippen molar-refractivity contribution >= 4 is 17.0 Å². The van der Waals surface area contributed by atoms with Gasteiger partial charge in [-0.25, -0.2) is 0 Å². The third-order valence-electron chi connectivity index (χ3n) is 4.45. The Kier molecular flexibility index (Phi) is 5.68. The van der Waals surface area contributed by atoms with Gasteiger partial charge in [0.25, 0.3) is 0 Å². The summed E-state index contributed by atoms with van der Waals surface area (Å²) in [6.45, 7) is 1.98. The van der Waals surface area contributed by atoms with Crippen molar-refractivity contribution < 1.29 is 28.1 Å². The van der Waals surface area contributed by atoms with Gasteiger partial charge in [0.1, 0.15) is 16.9 Å². The second kappa shape index (κ2) is 8.17. The quantitative estimate of drug-likeness (QED) is 0.560. The van der Waals surface area contributed by atoms with Gasteiger partial charge in [0.2, 0.25) is 17.2 Å². The highest BCUT2D eigenvalue weighted by atomic mass is 16.6. The highest BCUT2D eigenvalue weighted by Gasteiger charge is 2.31. The Morgan fingerprint density at radius 1 is 0.714 bits per heavy atom. The van der Waals surface area contributed by atoms with Gasteiger partial charge in [0.15, 0.2) is 11.5 Å². The summed E-state index contributed by atoms with van der Waals surface area (Å²) in [5.74, 6) is 2.62. The van der Waals surface area contributed by atoms with Crippen LogP contribution < -0.4 is 23.7 Å². The molecule has 1 aromatic heterocycles. The van der Waals surface area contributed by atoms with Crippen LogP contribution in [0.25, 0.3) is 28.4 Å². The number of fused-ring (bicyclic) bond motifs is 1. The lowest BCUT2D eigenvalue weighted by molar-refractivity contribution is 0.291. The van der Waals surface area contributed by atoms with E-state index in [1.54, 1.807) is 14.2 Å². The Bertz CT molecular complexity index is 983. The van der Waals surface area contributed by atoms with Gasteiger partial charge >= 0.3 is 0 Å². The number of methoxy groups -OCH3 is 5. The molecule has 0 aliphatic rings.